The maximum absolute atomic E-state index is 12.4. The molecular formula is C22H16Cl2N6O. The highest BCUT2D eigenvalue weighted by atomic mass is 35.5. The lowest BCUT2D eigenvalue weighted by Crippen LogP contribution is -2.12. The van der Waals surface area contributed by atoms with Gasteiger partial charge >= 0.3 is 0 Å². The third kappa shape index (κ3) is 5.48. The van der Waals surface area contributed by atoms with Gasteiger partial charge < -0.3 is 16.0 Å². The Balaban J connectivity index is 1.40. The van der Waals surface area contributed by atoms with Gasteiger partial charge in [0.15, 0.2) is 0 Å². The molecule has 0 atom stereocenters. The molecule has 2 aromatic heterocycles. The van der Waals surface area contributed by atoms with Crippen molar-refractivity contribution < 1.29 is 4.79 Å². The number of carbonyl (C=O) groups is 1. The molecule has 2 heterocycles. The zero-order chi connectivity index (χ0) is 21.6. The summed E-state index contributed by atoms with van der Waals surface area (Å²) < 4.78 is 0. The minimum Gasteiger partial charge on any atom is -0.340 e. The number of rotatable bonds is 6. The molecule has 0 unspecified atom stereocenters. The number of nitrogens with zero attached hydrogens (tertiary/aromatic N) is 3. The van der Waals surface area contributed by atoms with Crippen LogP contribution >= 0.6 is 23.2 Å². The van der Waals surface area contributed by atoms with Crippen LogP contribution in [0.4, 0.5) is 28.8 Å². The first-order chi connectivity index (χ1) is 15.1. The fraction of sp³-hybridized carbons (Fsp3) is 0. The normalized spacial score (nSPS) is 10.4. The number of benzene rings is 2. The van der Waals surface area contributed by atoms with Crippen LogP contribution in [0.15, 0.2) is 79.3 Å². The van der Waals surface area contributed by atoms with Gasteiger partial charge in [0.2, 0.25) is 0 Å². The van der Waals surface area contributed by atoms with Gasteiger partial charge in [-0.2, -0.15) is 0 Å². The van der Waals surface area contributed by atoms with E-state index in [1.165, 1.54) is 12.4 Å². The Morgan fingerprint density at radius 3 is 2.19 bits per heavy atom. The summed E-state index contributed by atoms with van der Waals surface area (Å²) in [5.41, 5.74) is 1.77. The number of amides is 1. The standard InChI is InChI=1S/C22H16Cl2N6O/c23-14-4-9-17(18(24)11-14)22(31)29-16-7-5-15(6-8-16)28-20-12-21(27-13-26-20)30-19-3-1-2-10-25-19/h1-13H,(H,29,31)(H2,25,26,27,28,30). The molecule has 0 saturated carbocycles. The molecule has 0 fully saturated rings. The van der Waals surface area contributed by atoms with Gasteiger partial charge in [-0.3, -0.25) is 4.79 Å². The fourth-order valence-electron chi connectivity index (χ4n) is 2.72. The van der Waals surface area contributed by atoms with Gasteiger partial charge in [0.1, 0.15) is 23.8 Å². The third-order valence-electron chi connectivity index (χ3n) is 4.18. The SMILES string of the molecule is O=C(Nc1ccc(Nc2cc(Nc3ccccn3)ncn2)cc1)c1ccc(Cl)cc1Cl. The van der Waals surface area contributed by atoms with Gasteiger partial charge in [0, 0.05) is 28.7 Å². The molecule has 0 saturated heterocycles. The number of pyridine rings is 1. The van der Waals surface area contributed by atoms with E-state index in [2.05, 4.69) is 30.9 Å². The molecule has 4 aromatic rings. The second-order valence-corrected chi connectivity index (χ2v) is 7.25. The molecule has 0 aliphatic carbocycles. The molecule has 0 bridgehead atoms. The van der Waals surface area contributed by atoms with E-state index >= 15 is 0 Å². The first-order valence-corrected chi connectivity index (χ1v) is 9.96. The number of nitrogens with one attached hydrogen (secondary N) is 3. The second kappa shape index (κ2) is 9.42. The smallest absolute Gasteiger partial charge is 0.257 e. The topological polar surface area (TPSA) is 91.8 Å². The van der Waals surface area contributed by atoms with E-state index in [0.717, 1.165) is 5.69 Å². The molecule has 31 heavy (non-hydrogen) atoms. The highest BCUT2D eigenvalue weighted by Crippen LogP contribution is 2.23. The van der Waals surface area contributed by atoms with Crippen LogP contribution in [0.25, 0.3) is 0 Å². The van der Waals surface area contributed by atoms with E-state index < -0.39 is 0 Å². The quantitative estimate of drug-likeness (QED) is 0.337. The van der Waals surface area contributed by atoms with E-state index in [9.17, 15) is 4.79 Å². The van der Waals surface area contributed by atoms with Crippen molar-refractivity contribution in [2.45, 2.75) is 0 Å². The lowest BCUT2D eigenvalue weighted by Gasteiger charge is -2.10. The average Bonchev–Trinajstić information content (AvgIpc) is 2.76. The van der Waals surface area contributed by atoms with Crippen LogP contribution in [-0.2, 0) is 0 Å². The summed E-state index contributed by atoms with van der Waals surface area (Å²) in [5.74, 6) is 1.59. The minimum absolute atomic E-state index is 0.294. The van der Waals surface area contributed by atoms with Gasteiger partial charge in [0.05, 0.1) is 10.6 Å². The number of hydrogen-bond donors (Lipinski definition) is 3. The first-order valence-electron chi connectivity index (χ1n) is 9.20. The molecule has 0 spiro atoms. The summed E-state index contributed by atoms with van der Waals surface area (Å²) in [6.07, 6.45) is 3.15. The summed E-state index contributed by atoms with van der Waals surface area (Å²) in [5, 5.41) is 9.89. The number of anilines is 5. The highest BCUT2D eigenvalue weighted by molar-refractivity contribution is 6.37. The van der Waals surface area contributed by atoms with Crippen LogP contribution in [0.5, 0.6) is 0 Å². The predicted octanol–water partition coefficient (Wildman–Crippen LogP) is 5.92. The highest BCUT2D eigenvalue weighted by Gasteiger charge is 2.11. The number of halogens is 2. The van der Waals surface area contributed by atoms with Crippen LogP contribution in [0.3, 0.4) is 0 Å². The lowest BCUT2D eigenvalue weighted by molar-refractivity contribution is 0.102. The molecule has 9 heteroatoms. The summed E-state index contributed by atoms with van der Waals surface area (Å²) in [6, 6.07) is 19.3. The van der Waals surface area contributed by atoms with Crippen molar-refractivity contribution >= 4 is 57.9 Å². The van der Waals surface area contributed by atoms with Crippen molar-refractivity contribution in [3.05, 3.63) is 94.9 Å². The Morgan fingerprint density at radius 2 is 1.48 bits per heavy atom. The Bertz CT molecular complexity index is 1200. The monoisotopic (exact) mass is 450 g/mol. The second-order valence-electron chi connectivity index (χ2n) is 6.41. The molecule has 0 aliphatic rings. The molecule has 0 aliphatic heterocycles. The van der Waals surface area contributed by atoms with Crippen molar-refractivity contribution in [3.63, 3.8) is 0 Å². The van der Waals surface area contributed by atoms with Gasteiger partial charge in [-0.1, -0.05) is 29.3 Å². The van der Waals surface area contributed by atoms with Crippen molar-refractivity contribution in [2.75, 3.05) is 16.0 Å². The Labute approximate surface area is 188 Å². The zero-order valence-corrected chi connectivity index (χ0v) is 17.5. The van der Waals surface area contributed by atoms with E-state index in [4.69, 9.17) is 23.2 Å². The molecule has 4 rings (SSSR count). The van der Waals surface area contributed by atoms with Crippen molar-refractivity contribution in [2.24, 2.45) is 0 Å². The molecule has 7 nitrogen and oxygen atoms in total. The van der Waals surface area contributed by atoms with Gasteiger partial charge in [-0.05, 0) is 54.6 Å². The summed E-state index contributed by atoms with van der Waals surface area (Å²) in [6.45, 7) is 0. The molecular weight excluding hydrogens is 435 g/mol. The largest absolute Gasteiger partial charge is 0.340 e. The Morgan fingerprint density at radius 1 is 0.742 bits per heavy atom. The van der Waals surface area contributed by atoms with E-state index in [0.29, 0.717) is 38.7 Å². The van der Waals surface area contributed by atoms with E-state index in [1.807, 2.05) is 30.3 Å². The molecule has 2 aromatic carbocycles. The predicted molar refractivity (Wildman–Crippen MR) is 124 cm³/mol. The van der Waals surface area contributed by atoms with E-state index in [-0.39, 0.29) is 5.91 Å². The molecule has 154 valence electrons. The molecule has 0 radical (unpaired) electrons. The number of aromatic nitrogens is 3. The molecule has 3 N–H and O–H groups in total. The lowest BCUT2D eigenvalue weighted by atomic mass is 10.2. The fourth-order valence-corrected chi connectivity index (χ4v) is 3.21. The molecule has 1 amide bonds. The van der Waals surface area contributed by atoms with Crippen LogP contribution in [0.1, 0.15) is 10.4 Å². The maximum Gasteiger partial charge on any atom is 0.257 e. The van der Waals surface area contributed by atoms with Gasteiger partial charge in [-0.25, -0.2) is 15.0 Å². The Kier molecular flexibility index (Phi) is 6.26. The van der Waals surface area contributed by atoms with Gasteiger partial charge in [-0.15, -0.1) is 0 Å². The first kappa shape index (κ1) is 20.6. The number of carbonyl (C=O) groups excluding carboxylic acids is 1. The van der Waals surface area contributed by atoms with Crippen molar-refractivity contribution in [1.29, 1.82) is 0 Å². The minimum atomic E-state index is -0.316. The van der Waals surface area contributed by atoms with E-state index in [1.54, 1.807) is 36.5 Å². The number of hydrogen-bond acceptors (Lipinski definition) is 6. The van der Waals surface area contributed by atoms with Gasteiger partial charge in [0.25, 0.3) is 5.91 Å². The van der Waals surface area contributed by atoms with Crippen LogP contribution in [-0.4, -0.2) is 20.9 Å². The van der Waals surface area contributed by atoms with Crippen molar-refractivity contribution in [3.8, 4) is 0 Å². The van der Waals surface area contributed by atoms with Crippen LogP contribution < -0.4 is 16.0 Å². The van der Waals surface area contributed by atoms with Crippen LogP contribution in [0.2, 0.25) is 10.0 Å². The summed E-state index contributed by atoms with van der Waals surface area (Å²) in [4.78, 5) is 25.1. The zero-order valence-electron chi connectivity index (χ0n) is 16.0. The average molecular weight is 451 g/mol. The van der Waals surface area contributed by atoms with Crippen molar-refractivity contribution in [1.82, 2.24) is 15.0 Å². The summed E-state index contributed by atoms with van der Waals surface area (Å²) in [7, 11) is 0. The maximum atomic E-state index is 12.4. The van der Waals surface area contributed by atoms with Crippen LogP contribution in [0, 0.1) is 0 Å². The Hall–Kier alpha value is -3.68. The third-order valence-corrected chi connectivity index (χ3v) is 4.73. The summed E-state index contributed by atoms with van der Waals surface area (Å²) >= 11 is 12.0.